The molecule has 2 aromatic heterocycles. The lowest BCUT2D eigenvalue weighted by Crippen LogP contribution is -2.52. The number of halogens is 1. The van der Waals surface area contributed by atoms with Gasteiger partial charge in [-0.2, -0.15) is 0 Å². The second-order valence-electron chi connectivity index (χ2n) is 17.4. The molecule has 0 aliphatic carbocycles. The maximum atomic E-state index is 14.0. The first-order valence-electron chi connectivity index (χ1n) is 21.1. The van der Waals surface area contributed by atoms with Crippen LogP contribution in [0.4, 0.5) is 9.59 Å². The van der Waals surface area contributed by atoms with Crippen LogP contribution in [0, 0.1) is 17.8 Å². The minimum atomic E-state index is -1.23. The van der Waals surface area contributed by atoms with Crippen molar-refractivity contribution in [1.29, 1.82) is 0 Å². The molecule has 0 spiro atoms. The number of aromatic amines is 2. The highest BCUT2D eigenvalue weighted by Crippen LogP contribution is 2.45. The Hall–Kier alpha value is -5.87. The molecule has 5 heterocycles. The van der Waals surface area contributed by atoms with Crippen LogP contribution in [0.25, 0.3) is 44.2 Å². The number of likely N-dealkylation sites (tertiary alicyclic amines) is 2. The van der Waals surface area contributed by atoms with Gasteiger partial charge in [0.15, 0.2) is 5.15 Å². The Bertz CT molecular complexity index is 2550. The maximum Gasteiger partial charge on any atom is 0.407 e. The third kappa shape index (κ3) is 7.89. The van der Waals surface area contributed by atoms with Crippen LogP contribution in [-0.2, 0) is 25.7 Å². The first kappa shape index (κ1) is 42.8. The van der Waals surface area contributed by atoms with E-state index in [-0.39, 0.29) is 46.8 Å². The first-order valence-corrected chi connectivity index (χ1v) is 21.5. The van der Waals surface area contributed by atoms with Gasteiger partial charge in [0.1, 0.15) is 36.1 Å². The lowest BCUT2D eigenvalue weighted by atomic mass is 9.92. The molecule has 0 saturated carbocycles. The second kappa shape index (κ2) is 17.1. The zero-order valence-electron chi connectivity index (χ0n) is 35.9. The van der Waals surface area contributed by atoms with Gasteiger partial charge in [0.2, 0.25) is 11.8 Å². The van der Waals surface area contributed by atoms with Crippen molar-refractivity contribution in [3.05, 3.63) is 64.8 Å². The molecular weight excluding hydrogens is 816 g/mol. The van der Waals surface area contributed by atoms with Crippen LogP contribution >= 0.6 is 11.6 Å². The molecule has 62 heavy (non-hydrogen) atoms. The van der Waals surface area contributed by atoms with E-state index in [1.807, 2.05) is 65.0 Å². The minimum absolute atomic E-state index is 0.0557. The Morgan fingerprint density at radius 1 is 0.919 bits per heavy atom. The van der Waals surface area contributed by atoms with Crippen molar-refractivity contribution in [2.24, 2.45) is 17.8 Å². The molecule has 2 saturated heterocycles. The number of rotatable bonds is 11. The summed E-state index contributed by atoms with van der Waals surface area (Å²) in [6.45, 7) is 10.6. The van der Waals surface area contributed by atoms with Gasteiger partial charge in [-0.1, -0.05) is 57.5 Å². The van der Waals surface area contributed by atoms with Crippen LogP contribution in [0.2, 0.25) is 5.15 Å². The molecule has 2 unspecified atom stereocenters. The molecule has 4 amide bonds. The molecule has 5 aromatic rings. The third-order valence-corrected chi connectivity index (χ3v) is 12.8. The SMILES string of the molecule is COC[C@H]1C[C@@H](c2nc(Cl)c(-c3ccc4c(c3)COc3cc5c(ccc6nc([C@@H]7CC[C@H](C)N7C(=O)C(NC(=O)O)C(C)C)[nH]c65)cc3-4)[nH]2)N(C(=O)C(NC(=O)OC)C(C)C)C1. The summed E-state index contributed by atoms with van der Waals surface area (Å²) in [6.07, 6.45) is 0.173. The number of H-pyrrole nitrogens is 2. The molecule has 3 aliphatic heterocycles. The highest BCUT2D eigenvalue weighted by atomic mass is 35.5. The summed E-state index contributed by atoms with van der Waals surface area (Å²) in [5.74, 6) is 1.10. The van der Waals surface area contributed by atoms with E-state index in [4.69, 9.17) is 35.8 Å². The van der Waals surface area contributed by atoms with E-state index in [0.717, 1.165) is 56.2 Å². The van der Waals surface area contributed by atoms with Crippen molar-refractivity contribution in [3.63, 3.8) is 0 Å². The summed E-state index contributed by atoms with van der Waals surface area (Å²) in [5.41, 5.74) is 5.97. The van der Waals surface area contributed by atoms with Crippen molar-refractivity contribution in [1.82, 2.24) is 40.4 Å². The summed E-state index contributed by atoms with van der Waals surface area (Å²) in [7, 11) is 2.91. The molecule has 6 atom stereocenters. The number of amides is 4. The van der Waals surface area contributed by atoms with Crippen molar-refractivity contribution in [2.45, 2.75) is 90.7 Å². The van der Waals surface area contributed by atoms with Crippen LogP contribution in [0.5, 0.6) is 5.75 Å². The number of hydrogen-bond donors (Lipinski definition) is 5. The van der Waals surface area contributed by atoms with Crippen LogP contribution in [-0.4, -0.2) is 104 Å². The van der Waals surface area contributed by atoms with E-state index >= 15 is 0 Å². The molecule has 328 valence electrons. The Balaban J connectivity index is 1.07. The van der Waals surface area contributed by atoms with Crippen LogP contribution in [0.1, 0.15) is 83.2 Å². The molecule has 2 fully saturated rings. The van der Waals surface area contributed by atoms with Gasteiger partial charge in [-0.25, -0.2) is 19.6 Å². The smallest absolute Gasteiger partial charge is 0.407 e. The molecule has 16 nitrogen and oxygen atoms in total. The summed E-state index contributed by atoms with van der Waals surface area (Å²) < 4.78 is 16.7. The highest BCUT2D eigenvalue weighted by molar-refractivity contribution is 6.32. The topological polar surface area (TPSA) is 204 Å². The van der Waals surface area contributed by atoms with Crippen LogP contribution < -0.4 is 15.4 Å². The molecule has 3 aliphatic rings. The van der Waals surface area contributed by atoms with Crippen LogP contribution in [0.15, 0.2) is 42.5 Å². The van der Waals surface area contributed by atoms with E-state index in [9.17, 15) is 24.3 Å². The molecule has 17 heteroatoms. The van der Waals surface area contributed by atoms with E-state index in [1.54, 1.807) is 16.9 Å². The number of carbonyl (C=O) groups is 4. The molecule has 5 N–H and O–H groups in total. The molecule has 0 bridgehead atoms. The maximum absolute atomic E-state index is 14.0. The van der Waals surface area contributed by atoms with Gasteiger partial charge in [0.05, 0.1) is 42.5 Å². The predicted molar refractivity (Wildman–Crippen MR) is 233 cm³/mol. The largest absolute Gasteiger partial charge is 0.488 e. The van der Waals surface area contributed by atoms with Gasteiger partial charge >= 0.3 is 12.2 Å². The Labute approximate surface area is 364 Å². The number of benzene rings is 3. The second-order valence-corrected chi connectivity index (χ2v) is 17.7. The van der Waals surface area contributed by atoms with Crippen molar-refractivity contribution in [3.8, 4) is 28.1 Å². The van der Waals surface area contributed by atoms with Gasteiger partial charge < -0.3 is 49.7 Å². The Kier molecular flexibility index (Phi) is 11.8. The number of nitrogens with zero attached hydrogens (tertiary/aromatic N) is 4. The lowest BCUT2D eigenvalue weighted by molar-refractivity contribution is -0.137. The molecule has 0 radical (unpaired) electrons. The fourth-order valence-electron chi connectivity index (χ4n) is 9.44. The number of hydrogen-bond acceptors (Lipinski definition) is 9. The number of carboxylic acid groups (broad SMARTS) is 1. The number of carbonyl (C=O) groups excluding carboxylic acids is 3. The molecular formula is C45H53ClN8O8. The number of aromatic nitrogens is 4. The van der Waals surface area contributed by atoms with Gasteiger partial charge in [-0.05, 0) is 78.8 Å². The first-order chi connectivity index (χ1) is 29.7. The van der Waals surface area contributed by atoms with Crippen molar-refractivity contribution >= 4 is 57.4 Å². The van der Waals surface area contributed by atoms with Gasteiger partial charge in [0.25, 0.3) is 0 Å². The van der Waals surface area contributed by atoms with Gasteiger partial charge in [-0.3, -0.25) is 9.59 Å². The van der Waals surface area contributed by atoms with E-state index in [2.05, 4.69) is 32.7 Å². The summed E-state index contributed by atoms with van der Waals surface area (Å²) in [4.78, 5) is 71.8. The van der Waals surface area contributed by atoms with Gasteiger partial charge in [-0.15, -0.1) is 0 Å². The van der Waals surface area contributed by atoms with Gasteiger partial charge in [0, 0.05) is 42.1 Å². The number of fused-ring (bicyclic) bond motifs is 6. The number of alkyl carbamates (subject to hydrolysis) is 1. The lowest BCUT2D eigenvalue weighted by Gasteiger charge is -2.32. The number of methoxy groups -OCH3 is 2. The quantitative estimate of drug-likeness (QED) is 0.0880. The third-order valence-electron chi connectivity index (χ3n) is 12.6. The Morgan fingerprint density at radius 3 is 2.37 bits per heavy atom. The zero-order valence-corrected chi connectivity index (χ0v) is 36.6. The number of imidazole rings is 2. The predicted octanol–water partition coefficient (Wildman–Crippen LogP) is 7.58. The molecule has 3 aromatic carbocycles. The minimum Gasteiger partial charge on any atom is -0.488 e. The average molecular weight is 869 g/mol. The van der Waals surface area contributed by atoms with Crippen molar-refractivity contribution < 1.29 is 38.5 Å². The average Bonchev–Trinajstić information content (AvgIpc) is 4.05. The zero-order chi connectivity index (χ0) is 44.1. The molecule has 8 rings (SSSR count). The normalized spacial score (nSPS) is 20.6. The summed E-state index contributed by atoms with van der Waals surface area (Å²) >= 11 is 6.85. The van der Waals surface area contributed by atoms with E-state index in [0.29, 0.717) is 49.9 Å². The summed E-state index contributed by atoms with van der Waals surface area (Å²) in [6, 6.07) is 11.8. The fourth-order valence-corrected chi connectivity index (χ4v) is 9.68. The van der Waals surface area contributed by atoms with Crippen LogP contribution in [0.3, 0.4) is 0 Å². The number of nitrogens with one attached hydrogen (secondary N) is 4. The fraction of sp³-hybridized carbons (Fsp3) is 0.467. The number of ether oxygens (including phenoxy) is 3. The van der Waals surface area contributed by atoms with E-state index < -0.39 is 30.3 Å². The highest BCUT2D eigenvalue weighted by Gasteiger charge is 2.43. The standard InChI is InChI=1S/C45H53ClN8O8/c1-21(2)35(51-45(59)61-7)42(55)53-18-24(19-60-6)14-33(53)41-48-37(39(46)52-41)26-9-11-28-27(15-26)20-62-34-17-29-25(16-30(28)34)10-12-31-38(29)49-40(47-31)32-13-8-23(5)54(32)43(56)36(22(3)4)50-44(57)58/h9-12,15-17,21-24,32-33,35-36,50H,8,13-14,18-20H2,1-7H3,(H,47,49)(H,48,52)(H,51,59)(H,57,58)/t23-,24-,32-,33-,35?,36?/m0/s1. The summed E-state index contributed by atoms with van der Waals surface area (Å²) in [5, 5.41) is 16.8. The Morgan fingerprint density at radius 2 is 1.66 bits per heavy atom. The van der Waals surface area contributed by atoms with Crippen molar-refractivity contribution in [2.75, 3.05) is 27.4 Å². The monoisotopic (exact) mass is 868 g/mol. The van der Waals surface area contributed by atoms with E-state index in [1.165, 1.54) is 7.11 Å².